The van der Waals surface area contributed by atoms with Crippen LogP contribution in [0.15, 0.2) is 30.5 Å². The Morgan fingerprint density at radius 3 is 2.79 bits per heavy atom. The van der Waals surface area contributed by atoms with Gasteiger partial charge in [0.25, 0.3) is 0 Å². The Morgan fingerprint density at radius 2 is 2.21 bits per heavy atom. The molecule has 1 heterocycles. The number of aromatic carboxylic acids is 1. The van der Waals surface area contributed by atoms with Crippen LogP contribution in [-0.4, -0.2) is 15.6 Å². The summed E-state index contributed by atoms with van der Waals surface area (Å²) in [4.78, 5) is 10.9. The van der Waals surface area contributed by atoms with Gasteiger partial charge in [0.05, 0.1) is 11.1 Å². The minimum Gasteiger partial charge on any atom is -0.478 e. The number of halogens is 1. The molecular weight excluding hydrogens is 247 g/mol. The normalized spacial score (nSPS) is 10.2. The third-order valence-corrected chi connectivity index (χ3v) is 2.98. The summed E-state index contributed by atoms with van der Waals surface area (Å²) < 4.78 is 14.9. The SMILES string of the molecule is Cc1c(C(=O)O)ccn1Cc1ccc(F)c(C#N)c1. The fraction of sp³-hybridized carbons (Fsp3) is 0.143. The third kappa shape index (κ3) is 2.47. The van der Waals surface area contributed by atoms with E-state index in [-0.39, 0.29) is 11.1 Å². The van der Waals surface area contributed by atoms with Gasteiger partial charge in [0, 0.05) is 18.4 Å². The number of carboxylic acid groups (broad SMARTS) is 1. The van der Waals surface area contributed by atoms with Crippen molar-refractivity contribution < 1.29 is 14.3 Å². The molecule has 19 heavy (non-hydrogen) atoms. The lowest BCUT2D eigenvalue weighted by Crippen LogP contribution is -2.04. The molecule has 0 saturated heterocycles. The van der Waals surface area contributed by atoms with Crippen LogP contribution in [0.25, 0.3) is 0 Å². The average Bonchev–Trinajstić information content (AvgIpc) is 2.73. The maximum Gasteiger partial charge on any atom is 0.337 e. The molecular formula is C14H11FN2O2. The monoisotopic (exact) mass is 258 g/mol. The lowest BCUT2D eigenvalue weighted by molar-refractivity contribution is 0.0696. The van der Waals surface area contributed by atoms with E-state index in [0.29, 0.717) is 12.2 Å². The fourth-order valence-electron chi connectivity index (χ4n) is 1.90. The van der Waals surface area contributed by atoms with E-state index in [2.05, 4.69) is 0 Å². The van der Waals surface area contributed by atoms with Crippen molar-refractivity contribution in [2.75, 3.05) is 0 Å². The predicted octanol–water partition coefficient (Wildman–Crippen LogP) is 2.55. The standard InChI is InChI=1S/C14H11FN2O2/c1-9-12(14(18)19)4-5-17(9)8-10-2-3-13(15)11(6-10)7-16/h2-6H,8H2,1H3,(H,18,19). The van der Waals surface area contributed by atoms with E-state index in [1.54, 1.807) is 29.8 Å². The minimum atomic E-state index is -0.979. The molecule has 2 rings (SSSR count). The maximum absolute atomic E-state index is 13.2. The van der Waals surface area contributed by atoms with Gasteiger partial charge in [0.15, 0.2) is 0 Å². The zero-order chi connectivity index (χ0) is 14.0. The average molecular weight is 258 g/mol. The minimum absolute atomic E-state index is 0.0132. The molecule has 0 radical (unpaired) electrons. The summed E-state index contributed by atoms with van der Waals surface area (Å²) in [5.74, 6) is -1.53. The van der Waals surface area contributed by atoms with E-state index >= 15 is 0 Å². The highest BCUT2D eigenvalue weighted by molar-refractivity contribution is 5.88. The Kier molecular flexibility index (Phi) is 3.34. The molecule has 4 nitrogen and oxygen atoms in total. The van der Waals surface area contributed by atoms with E-state index in [1.807, 2.05) is 0 Å². The summed E-state index contributed by atoms with van der Waals surface area (Å²) in [6, 6.07) is 7.59. The summed E-state index contributed by atoms with van der Waals surface area (Å²) in [5.41, 5.74) is 1.59. The van der Waals surface area contributed by atoms with E-state index in [1.165, 1.54) is 18.2 Å². The number of rotatable bonds is 3. The molecule has 0 unspecified atom stereocenters. The lowest BCUT2D eigenvalue weighted by atomic mass is 10.1. The Morgan fingerprint density at radius 1 is 1.47 bits per heavy atom. The van der Waals surface area contributed by atoms with E-state index < -0.39 is 11.8 Å². The Labute approximate surface area is 109 Å². The predicted molar refractivity (Wildman–Crippen MR) is 66.3 cm³/mol. The Bertz CT molecular complexity index is 683. The molecule has 1 aromatic heterocycles. The first-order chi connectivity index (χ1) is 9.02. The van der Waals surface area contributed by atoms with Gasteiger partial charge < -0.3 is 9.67 Å². The van der Waals surface area contributed by atoms with Crippen LogP contribution in [0, 0.1) is 24.1 Å². The number of nitrogens with zero attached hydrogens (tertiary/aromatic N) is 2. The van der Waals surface area contributed by atoms with Crippen LogP contribution in [0.2, 0.25) is 0 Å². The highest BCUT2D eigenvalue weighted by atomic mass is 19.1. The van der Waals surface area contributed by atoms with Crippen molar-refractivity contribution in [3.63, 3.8) is 0 Å². The molecule has 0 bridgehead atoms. The molecule has 0 aliphatic rings. The van der Waals surface area contributed by atoms with Crippen molar-refractivity contribution in [1.29, 1.82) is 5.26 Å². The van der Waals surface area contributed by atoms with E-state index in [9.17, 15) is 9.18 Å². The van der Waals surface area contributed by atoms with Gasteiger partial charge in [0.1, 0.15) is 11.9 Å². The quantitative estimate of drug-likeness (QED) is 0.920. The number of hydrogen-bond donors (Lipinski definition) is 1. The largest absolute Gasteiger partial charge is 0.478 e. The van der Waals surface area contributed by atoms with Crippen molar-refractivity contribution in [3.05, 3.63) is 58.7 Å². The second-order valence-corrected chi connectivity index (χ2v) is 4.17. The van der Waals surface area contributed by atoms with Crippen LogP contribution in [-0.2, 0) is 6.54 Å². The van der Waals surface area contributed by atoms with Gasteiger partial charge in [-0.1, -0.05) is 6.07 Å². The highest BCUT2D eigenvalue weighted by Gasteiger charge is 2.11. The van der Waals surface area contributed by atoms with E-state index in [0.717, 1.165) is 5.56 Å². The second-order valence-electron chi connectivity index (χ2n) is 4.17. The molecule has 0 amide bonds. The molecule has 0 fully saturated rings. The zero-order valence-corrected chi connectivity index (χ0v) is 10.2. The number of nitriles is 1. The topological polar surface area (TPSA) is 66.0 Å². The fourth-order valence-corrected chi connectivity index (χ4v) is 1.90. The summed E-state index contributed by atoms with van der Waals surface area (Å²) in [7, 11) is 0. The van der Waals surface area contributed by atoms with Gasteiger partial charge in [-0.25, -0.2) is 9.18 Å². The van der Waals surface area contributed by atoms with Gasteiger partial charge in [0.2, 0.25) is 0 Å². The van der Waals surface area contributed by atoms with E-state index in [4.69, 9.17) is 10.4 Å². The first kappa shape index (κ1) is 12.8. The van der Waals surface area contributed by atoms with Gasteiger partial charge in [-0.15, -0.1) is 0 Å². The Balaban J connectivity index is 2.32. The number of hydrogen-bond acceptors (Lipinski definition) is 2. The zero-order valence-electron chi connectivity index (χ0n) is 10.2. The van der Waals surface area contributed by atoms with Crippen molar-refractivity contribution in [2.45, 2.75) is 13.5 Å². The molecule has 0 atom stereocenters. The second kappa shape index (κ2) is 4.94. The van der Waals surface area contributed by atoms with Gasteiger partial charge in [-0.2, -0.15) is 5.26 Å². The van der Waals surface area contributed by atoms with Crippen LogP contribution in [0.3, 0.4) is 0 Å². The first-order valence-corrected chi connectivity index (χ1v) is 5.60. The van der Waals surface area contributed by atoms with Gasteiger partial charge in [-0.3, -0.25) is 0 Å². The molecule has 5 heteroatoms. The molecule has 0 aliphatic heterocycles. The lowest BCUT2D eigenvalue weighted by Gasteiger charge is -2.07. The number of carbonyl (C=O) groups is 1. The van der Waals surface area contributed by atoms with Crippen LogP contribution < -0.4 is 0 Å². The van der Waals surface area contributed by atoms with Crippen molar-refractivity contribution >= 4 is 5.97 Å². The summed E-state index contributed by atoms with van der Waals surface area (Å²) in [6.45, 7) is 2.10. The van der Waals surface area contributed by atoms with Crippen LogP contribution >= 0.6 is 0 Å². The van der Waals surface area contributed by atoms with Crippen molar-refractivity contribution in [1.82, 2.24) is 4.57 Å². The molecule has 0 aliphatic carbocycles. The Hall–Kier alpha value is -2.61. The number of aromatic nitrogens is 1. The maximum atomic E-state index is 13.2. The first-order valence-electron chi connectivity index (χ1n) is 5.60. The highest BCUT2D eigenvalue weighted by Crippen LogP contribution is 2.15. The molecule has 0 spiro atoms. The molecule has 1 N–H and O–H groups in total. The number of benzene rings is 1. The van der Waals surface area contributed by atoms with Crippen molar-refractivity contribution in [2.24, 2.45) is 0 Å². The molecule has 1 aromatic carbocycles. The smallest absolute Gasteiger partial charge is 0.337 e. The van der Waals surface area contributed by atoms with Crippen LogP contribution in [0.4, 0.5) is 4.39 Å². The summed E-state index contributed by atoms with van der Waals surface area (Å²) >= 11 is 0. The van der Waals surface area contributed by atoms with Crippen LogP contribution in [0.5, 0.6) is 0 Å². The third-order valence-electron chi connectivity index (χ3n) is 2.98. The van der Waals surface area contributed by atoms with Gasteiger partial charge in [-0.05, 0) is 30.7 Å². The van der Waals surface area contributed by atoms with Crippen LogP contribution in [0.1, 0.15) is 27.2 Å². The summed E-state index contributed by atoms with van der Waals surface area (Å²) in [5, 5.41) is 17.7. The molecule has 0 saturated carbocycles. The van der Waals surface area contributed by atoms with Gasteiger partial charge >= 0.3 is 5.97 Å². The van der Waals surface area contributed by atoms with Crippen molar-refractivity contribution in [3.8, 4) is 6.07 Å². The molecule has 2 aromatic rings. The molecule has 96 valence electrons. The summed E-state index contributed by atoms with van der Waals surface area (Å²) in [6.07, 6.45) is 1.66. The number of carboxylic acids is 1.